The average Bonchev–Trinajstić information content (AvgIpc) is 3.14. The smallest absolute Gasteiger partial charge is 0.350 e. The number of aryl methyl sites for hydroxylation is 1. The first-order chi connectivity index (χ1) is 16.4. The van der Waals surface area contributed by atoms with Crippen molar-refractivity contribution in [2.75, 3.05) is 37.6 Å². The molecule has 2 heterocycles. The zero-order valence-corrected chi connectivity index (χ0v) is 20.4. The first-order valence-corrected chi connectivity index (χ1v) is 12.0. The molecule has 1 amide bonds. The lowest BCUT2D eigenvalue weighted by atomic mass is 10.0. The molecule has 4 rings (SSSR count). The van der Waals surface area contributed by atoms with Crippen molar-refractivity contribution in [3.63, 3.8) is 0 Å². The highest BCUT2D eigenvalue weighted by Gasteiger charge is 2.30. The third-order valence-electron chi connectivity index (χ3n) is 6.35. The summed E-state index contributed by atoms with van der Waals surface area (Å²) < 4.78 is 3.17. The van der Waals surface area contributed by atoms with Crippen LogP contribution in [0.5, 0.6) is 0 Å². The van der Waals surface area contributed by atoms with Crippen LogP contribution in [0.15, 0.2) is 59.4 Å². The third kappa shape index (κ3) is 4.77. The van der Waals surface area contributed by atoms with Crippen LogP contribution in [0.3, 0.4) is 0 Å². The van der Waals surface area contributed by atoms with Gasteiger partial charge in [0.25, 0.3) is 0 Å². The molecule has 1 saturated heterocycles. The quantitative estimate of drug-likeness (QED) is 0.584. The fourth-order valence-corrected chi connectivity index (χ4v) is 4.72. The number of hydrogen-bond donors (Lipinski definition) is 1. The molecule has 3 aromatic rings. The van der Waals surface area contributed by atoms with Crippen molar-refractivity contribution in [2.24, 2.45) is 0 Å². The second-order valence-electron chi connectivity index (χ2n) is 8.95. The minimum Gasteiger partial charge on any atom is -0.369 e. The first kappa shape index (κ1) is 23.8. The number of hydrogen-bond acceptors (Lipinski definition) is 5. The standard InChI is InChI=1S/C26H34N6O2/c1-5-27-25(33)24(21-9-7-6-8-10-21)30-17-15-29(16-18-30)22-11-13-23(14-12-22)32-26(34)31(19(2)3)20(4)28-32/h6-14,19,24H,5,15-18H2,1-4H3,(H,27,33). The first-order valence-electron chi connectivity index (χ1n) is 12.0. The molecule has 0 radical (unpaired) electrons. The van der Waals surface area contributed by atoms with Gasteiger partial charge in [-0.05, 0) is 57.5 Å². The molecule has 1 N–H and O–H groups in total. The van der Waals surface area contributed by atoms with Gasteiger partial charge in [0.15, 0.2) is 0 Å². The molecule has 180 valence electrons. The van der Waals surface area contributed by atoms with Crippen LogP contribution >= 0.6 is 0 Å². The summed E-state index contributed by atoms with van der Waals surface area (Å²) in [5, 5.41) is 7.44. The van der Waals surface area contributed by atoms with Gasteiger partial charge in [0.2, 0.25) is 5.91 Å². The molecule has 1 atom stereocenters. The fourth-order valence-electron chi connectivity index (χ4n) is 4.72. The highest BCUT2D eigenvalue weighted by atomic mass is 16.2. The number of amides is 1. The lowest BCUT2D eigenvalue weighted by Gasteiger charge is -2.39. The van der Waals surface area contributed by atoms with Gasteiger partial charge in [-0.3, -0.25) is 14.3 Å². The maximum atomic E-state index is 12.9. The Hall–Kier alpha value is -3.39. The van der Waals surface area contributed by atoms with Crippen LogP contribution in [0.25, 0.3) is 5.69 Å². The van der Waals surface area contributed by atoms with Crippen molar-refractivity contribution in [2.45, 2.75) is 39.8 Å². The Bertz CT molecular complexity index is 1160. The number of carbonyl (C=O) groups excluding carboxylic acids is 1. The Balaban J connectivity index is 1.47. The molecular formula is C26H34N6O2. The van der Waals surface area contributed by atoms with E-state index in [4.69, 9.17) is 0 Å². The molecule has 8 nitrogen and oxygen atoms in total. The minimum absolute atomic E-state index is 0.0491. The van der Waals surface area contributed by atoms with Crippen LogP contribution < -0.4 is 15.9 Å². The Morgan fingerprint density at radius 1 is 0.971 bits per heavy atom. The van der Waals surface area contributed by atoms with Crippen molar-refractivity contribution in [3.8, 4) is 5.69 Å². The number of anilines is 1. The van der Waals surface area contributed by atoms with Crippen molar-refractivity contribution < 1.29 is 4.79 Å². The van der Waals surface area contributed by atoms with Gasteiger partial charge < -0.3 is 10.2 Å². The van der Waals surface area contributed by atoms with Crippen molar-refractivity contribution in [1.82, 2.24) is 24.6 Å². The minimum atomic E-state index is -0.281. The van der Waals surface area contributed by atoms with Gasteiger partial charge in [-0.1, -0.05) is 30.3 Å². The van der Waals surface area contributed by atoms with E-state index in [0.717, 1.165) is 43.1 Å². The highest BCUT2D eigenvalue weighted by Crippen LogP contribution is 2.25. The van der Waals surface area contributed by atoms with Crippen LogP contribution in [-0.2, 0) is 4.79 Å². The lowest BCUT2D eigenvalue weighted by molar-refractivity contribution is -0.126. The number of rotatable bonds is 7. The van der Waals surface area contributed by atoms with Gasteiger partial charge in [-0.15, -0.1) is 0 Å². The molecule has 1 unspecified atom stereocenters. The van der Waals surface area contributed by atoms with Gasteiger partial charge in [0.1, 0.15) is 11.9 Å². The largest absolute Gasteiger partial charge is 0.369 e. The van der Waals surface area contributed by atoms with E-state index < -0.39 is 0 Å². The van der Waals surface area contributed by atoms with Gasteiger partial charge >= 0.3 is 5.69 Å². The number of benzene rings is 2. The van der Waals surface area contributed by atoms with E-state index in [1.54, 1.807) is 4.57 Å². The SMILES string of the molecule is CCNC(=O)C(c1ccccc1)N1CCN(c2ccc(-n3nc(C)n(C(C)C)c3=O)cc2)CC1. The van der Waals surface area contributed by atoms with Gasteiger partial charge in [-0.25, -0.2) is 4.79 Å². The summed E-state index contributed by atoms with van der Waals surface area (Å²) in [7, 11) is 0. The predicted octanol–water partition coefficient (Wildman–Crippen LogP) is 2.92. The normalized spacial score (nSPS) is 15.5. The summed E-state index contributed by atoms with van der Waals surface area (Å²) in [5.74, 6) is 0.758. The summed E-state index contributed by atoms with van der Waals surface area (Å²) in [4.78, 5) is 30.2. The molecule has 0 spiro atoms. The average molecular weight is 463 g/mol. The molecule has 0 saturated carbocycles. The van der Waals surface area contributed by atoms with Gasteiger partial charge in [-0.2, -0.15) is 9.78 Å². The van der Waals surface area contributed by atoms with Crippen molar-refractivity contribution in [1.29, 1.82) is 0 Å². The summed E-state index contributed by atoms with van der Waals surface area (Å²) >= 11 is 0. The highest BCUT2D eigenvalue weighted by molar-refractivity contribution is 5.83. The Labute approximate surface area is 200 Å². The van der Waals surface area contributed by atoms with E-state index in [1.807, 2.05) is 82.3 Å². The van der Waals surface area contributed by atoms with E-state index in [-0.39, 0.29) is 23.7 Å². The summed E-state index contributed by atoms with van der Waals surface area (Å²) in [6.45, 7) is 11.6. The van der Waals surface area contributed by atoms with Gasteiger partial charge in [0.05, 0.1) is 5.69 Å². The van der Waals surface area contributed by atoms with E-state index in [9.17, 15) is 9.59 Å². The topological polar surface area (TPSA) is 75.4 Å². The second-order valence-corrected chi connectivity index (χ2v) is 8.95. The van der Waals surface area contributed by atoms with E-state index in [0.29, 0.717) is 12.4 Å². The molecule has 34 heavy (non-hydrogen) atoms. The van der Waals surface area contributed by atoms with Gasteiger partial charge in [0, 0.05) is 44.5 Å². The molecule has 2 aromatic carbocycles. The van der Waals surface area contributed by atoms with Crippen LogP contribution in [0.2, 0.25) is 0 Å². The van der Waals surface area contributed by atoms with Crippen LogP contribution in [0.4, 0.5) is 5.69 Å². The van der Waals surface area contributed by atoms with Crippen LogP contribution in [0.1, 0.15) is 44.2 Å². The molecule has 1 fully saturated rings. The third-order valence-corrected chi connectivity index (χ3v) is 6.35. The summed E-state index contributed by atoms with van der Waals surface area (Å²) in [5.41, 5.74) is 2.76. The molecule has 0 aliphatic carbocycles. The molecule has 1 aliphatic heterocycles. The van der Waals surface area contributed by atoms with Crippen LogP contribution in [0, 0.1) is 6.92 Å². The molecule has 0 bridgehead atoms. The monoisotopic (exact) mass is 462 g/mol. The van der Waals surface area contributed by atoms with E-state index >= 15 is 0 Å². The Kier molecular flexibility index (Phi) is 7.17. The number of aromatic nitrogens is 3. The zero-order chi connectivity index (χ0) is 24.2. The summed E-state index contributed by atoms with van der Waals surface area (Å²) in [6.07, 6.45) is 0. The van der Waals surface area contributed by atoms with E-state index in [1.165, 1.54) is 4.68 Å². The maximum absolute atomic E-state index is 12.9. The molecular weight excluding hydrogens is 428 g/mol. The number of piperazine rings is 1. The number of nitrogens with one attached hydrogen (secondary N) is 1. The van der Waals surface area contributed by atoms with Crippen molar-refractivity contribution >= 4 is 11.6 Å². The van der Waals surface area contributed by atoms with E-state index in [2.05, 4.69) is 20.2 Å². The Morgan fingerprint density at radius 2 is 1.59 bits per heavy atom. The Morgan fingerprint density at radius 3 is 2.15 bits per heavy atom. The second kappa shape index (κ2) is 10.3. The molecule has 1 aliphatic rings. The lowest BCUT2D eigenvalue weighted by Crippen LogP contribution is -2.51. The number of nitrogens with zero attached hydrogens (tertiary/aromatic N) is 5. The fraction of sp³-hybridized carbons (Fsp3) is 0.423. The number of likely N-dealkylation sites (N-methyl/N-ethyl adjacent to an activating group) is 1. The molecule has 8 heteroatoms. The maximum Gasteiger partial charge on any atom is 0.350 e. The predicted molar refractivity (Wildman–Crippen MR) is 135 cm³/mol. The van der Waals surface area contributed by atoms with Crippen molar-refractivity contribution in [3.05, 3.63) is 76.5 Å². The number of carbonyl (C=O) groups is 1. The van der Waals surface area contributed by atoms with Crippen LogP contribution in [-0.4, -0.2) is 57.9 Å². The zero-order valence-electron chi connectivity index (χ0n) is 20.4. The molecule has 1 aromatic heterocycles. The summed E-state index contributed by atoms with van der Waals surface area (Å²) in [6, 6.07) is 17.7.